The molecule has 0 radical (unpaired) electrons. The lowest BCUT2D eigenvalue weighted by molar-refractivity contribution is -0.144. The quantitative estimate of drug-likeness (QED) is 0.877. The Bertz CT molecular complexity index is 481. The number of aliphatic carboxylic acids is 1. The summed E-state index contributed by atoms with van der Waals surface area (Å²) in [7, 11) is 0. The van der Waals surface area contributed by atoms with Gasteiger partial charge in [-0.1, -0.05) is 0 Å². The molecular weight excluding hydrogens is 287 g/mol. The average Bonchev–Trinajstić information content (AvgIpc) is 2.92. The average molecular weight is 303 g/mol. The zero-order chi connectivity index (χ0) is 15.5. The van der Waals surface area contributed by atoms with E-state index in [1.54, 1.807) is 0 Å². The third kappa shape index (κ3) is 4.10. The Morgan fingerprint density at radius 1 is 1.38 bits per heavy atom. The van der Waals surface area contributed by atoms with Crippen molar-refractivity contribution in [3.8, 4) is 5.75 Å². The summed E-state index contributed by atoms with van der Waals surface area (Å²) in [4.78, 5) is 11.2. The molecule has 4 nitrogen and oxygen atoms in total. The summed E-state index contributed by atoms with van der Waals surface area (Å²) in [6.07, 6.45) is -3.63. The first-order valence-corrected chi connectivity index (χ1v) is 6.61. The fourth-order valence-corrected chi connectivity index (χ4v) is 2.36. The van der Waals surface area contributed by atoms with Gasteiger partial charge in [-0.2, -0.15) is 13.2 Å². The van der Waals surface area contributed by atoms with Crippen molar-refractivity contribution in [3.63, 3.8) is 0 Å². The summed E-state index contributed by atoms with van der Waals surface area (Å²) >= 11 is 0. The third-order valence-electron chi connectivity index (χ3n) is 3.60. The summed E-state index contributed by atoms with van der Waals surface area (Å²) in [6.45, 7) is 1.34. The van der Waals surface area contributed by atoms with Crippen molar-refractivity contribution in [2.75, 3.05) is 19.7 Å². The van der Waals surface area contributed by atoms with Crippen LogP contribution in [0.1, 0.15) is 12.0 Å². The van der Waals surface area contributed by atoms with Gasteiger partial charge < -0.3 is 15.2 Å². The summed E-state index contributed by atoms with van der Waals surface area (Å²) in [5.41, 5.74) is -0.760. The summed E-state index contributed by atoms with van der Waals surface area (Å²) in [5.74, 6) is -1.39. The van der Waals surface area contributed by atoms with E-state index in [1.807, 2.05) is 0 Å². The van der Waals surface area contributed by atoms with Gasteiger partial charge in [-0.3, -0.25) is 4.79 Å². The van der Waals surface area contributed by atoms with E-state index in [4.69, 9.17) is 4.74 Å². The lowest BCUT2D eigenvalue weighted by Crippen LogP contribution is -2.30. The van der Waals surface area contributed by atoms with Gasteiger partial charge in [0.25, 0.3) is 0 Å². The highest BCUT2D eigenvalue weighted by Crippen LogP contribution is 2.30. The van der Waals surface area contributed by atoms with Crippen LogP contribution in [-0.4, -0.2) is 30.8 Å². The highest BCUT2D eigenvalue weighted by Gasteiger charge is 2.32. The molecule has 0 aromatic heterocycles. The minimum Gasteiger partial charge on any atom is -0.493 e. The van der Waals surface area contributed by atoms with Crippen molar-refractivity contribution in [3.05, 3.63) is 29.8 Å². The Balaban J connectivity index is 1.96. The minimum atomic E-state index is -4.39. The van der Waals surface area contributed by atoms with E-state index in [-0.39, 0.29) is 18.3 Å². The maximum Gasteiger partial charge on any atom is 0.416 e. The second-order valence-electron chi connectivity index (χ2n) is 5.03. The predicted octanol–water partition coefficient (Wildman–Crippen LogP) is 2.39. The van der Waals surface area contributed by atoms with Crippen LogP contribution in [0.15, 0.2) is 24.3 Å². The standard InChI is InChI=1S/C14H16F3NO3/c15-14(16,17)10-1-3-11(4-2-10)21-8-12(13(19)20)9-5-6-18-7-9/h1-4,9,12,18H,5-8H2,(H,19,20). The van der Waals surface area contributed by atoms with Crippen LogP contribution in [0.3, 0.4) is 0 Å². The molecule has 1 aliphatic rings. The van der Waals surface area contributed by atoms with Gasteiger partial charge in [-0.15, -0.1) is 0 Å². The molecule has 1 aliphatic heterocycles. The van der Waals surface area contributed by atoms with Crippen molar-refractivity contribution < 1.29 is 27.8 Å². The number of nitrogens with one attached hydrogen (secondary N) is 1. The number of hydrogen-bond donors (Lipinski definition) is 2. The van der Waals surface area contributed by atoms with Gasteiger partial charge in [0, 0.05) is 0 Å². The Morgan fingerprint density at radius 2 is 2.05 bits per heavy atom. The molecule has 7 heteroatoms. The van der Waals surface area contributed by atoms with Gasteiger partial charge in [-0.25, -0.2) is 0 Å². The molecule has 2 N–H and O–H groups in total. The summed E-state index contributed by atoms with van der Waals surface area (Å²) in [6, 6.07) is 4.24. The number of carbonyl (C=O) groups is 1. The van der Waals surface area contributed by atoms with Crippen LogP contribution in [0.2, 0.25) is 0 Å². The number of halogens is 3. The first kappa shape index (κ1) is 15.6. The maximum atomic E-state index is 12.4. The van der Waals surface area contributed by atoms with Crippen molar-refractivity contribution in [2.24, 2.45) is 11.8 Å². The summed E-state index contributed by atoms with van der Waals surface area (Å²) < 4.78 is 42.6. The third-order valence-corrected chi connectivity index (χ3v) is 3.60. The van der Waals surface area contributed by atoms with Crippen LogP contribution in [0.4, 0.5) is 13.2 Å². The zero-order valence-corrected chi connectivity index (χ0v) is 11.2. The molecule has 2 unspecified atom stereocenters. The molecule has 0 bridgehead atoms. The fraction of sp³-hybridized carbons (Fsp3) is 0.500. The number of rotatable bonds is 5. The molecule has 1 fully saturated rings. The number of benzene rings is 1. The number of hydrogen-bond acceptors (Lipinski definition) is 3. The van der Waals surface area contributed by atoms with Crippen molar-refractivity contribution in [1.82, 2.24) is 5.32 Å². The van der Waals surface area contributed by atoms with Crippen molar-refractivity contribution in [1.29, 1.82) is 0 Å². The van der Waals surface area contributed by atoms with Crippen molar-refractivity contribution in [2.45, 2.75) is 12.6 Å². The van der Waals surface area contributed by atoms with E-state index in [0.29, 0.717) is 6.54 Å². The molecular formula is C14H16F3NO3. The van der Waals surface area contributed by atoms with E-state index in [2.05, 4.69) is 5.32 Å². The molecule has 1 aromatic carbocycles. The Labute approximate surface area is 119 Å². The lowest BCUT2D eigenvalue weighted by atomic mass is 9.92. The predicted molar refractivity (Wildman–Crippen MR) is 69.0 cm³/mol. The highest BCUT2D eigenvalue weighted by atomic mass is 19.4. The Kier molecular flexibility index (Phi) is 4.72. The second-order valence-corrected chi connectivity index (χ2v) is 5.03. The molecule has 0 saturated carbocycles. The van der Waals surface area contributed by atoms with Gasteiger partial charge in [0.1, 0.15) is 12.4 Å². The van der Waals surface area contributed by atoms with Crippen LogP contribution < -0.4 is 10.1 Å². The van der Waals surface area contributed by atoms with Crippen LogP contribution >= 0.6 is 0 Å². The molecule has 0 spiro atoms. The SMILES string of the molecule is O=C(O)C(COc1ccc(C(F)(F)F)cc1)C1CCNC1. The molecule has 2 atom stereocenters. The maximum absolute atomic E-state index is 12.4. The van der Waals surface area contributed by atoms with E-state index in [1.165, 1.54) is 12.1 Å². The van der Waals surface area contributed by atoms with E-state index >= 15 is 0 Å². The number of alkyl halides is 3. The minimum absolute atomic E-state index is 0.0167. The van der Waals surface area contributed by atoms with Crippen LogP contribution in [0.25, 0.3) is 0 Å². The number of ether oxygens (including phenoxy) is 1. The summed E-state index contributed by atoms with van der Waals surface area (Å²) in [5, 5.41) is 12.3. The van der Waals surface area contributed by atoms with Crippen LogP contribution in [0.5, 0.6) is 5.75 Å². The zero-order valence-electron chi connectivity index (χ0n) is 11.2. The topological polar surface area (TPSA) is 58.6 Å². The molecule has 21 heavy (non-hydrogen) atoms. The number of carboxylic acid groups (broad SMARTS) is 1. The molecule has 2 rings (SSSR count). The first-order chi connectivity index (χ1) is 9.88. The highest BCUT2D eigenvalue weighted by molar-refractivity contribution is 5.70. The van der Waals surface area contributed by atoms with Gasteiger partial charge >= 0.3 is 12.1 Å². The number of carboxylic acids is 1. The fourth-order valence-electron chi connectivity index (χ4n) is 2.36. The van der Waals surface area contributed by atoms with Crippen LogP contribution in [0, 0.1) is 11.8 Å². The lowest BCUT2D eigenvalue weighted by Gasteiger charge is -2.19. The van der Waals surface area contributed by atoms with Crippen LogP contribution in [-0.2, 0) is 11.0 Å². The van der Waals surface area contributed by atoms with Gasteiger partial charge in [0.05, 0.1) is 11.5 Å². The molecule has 1 heterocycles. The van der Waals surface area contributed by atoms with E-state index in [9.17, 15) is 23.1 Å². The molecule has 116 valence electrons. The van der Waals surface area contributed by atoms with Gasteiger partial charge in [-0.05, 0) is 49.7 Å². The van der Waals surface area contributed by atoms with Crippen molar-refractivity contribution >= 4 is 5.97 Å². The van der Waals surface area contributed by atoms with E-state index in [0.717, 1.165) is 25.1 Å². The smallest absolute Gasteiger partial charge is 0.416 e. The van der Waals surface area contributed by atoms with E-state index < -0.39 is 23.6 Å². The van der Waals surface area contributed by atoms with Gasteiger partial charge in [0.2, 0.25) is 0 Å². The monoisotopic (exact) mass is 303 g/mol. The molecule has 0 amide bonds. The largest absolute Gasteiger partial charge is 0.493 e. The molecule has 1 aromatic rings. The van der Waals surface area contributed by atoms with Gasteiger partial charge in [0.15, 0.2) is 0 Å². The first-order valence-electron chi connectivity index (χ1n) is 6.61. The normalized spacial score (nSPS) is 20.2. The Morgan fingerprint density at radius 3 is 2.52 bits per heavy atom. The second kappa shape index (κ2) is 6.34. The molecule has 0 aliphatic carbocycles. The Hall–Kier alpha value is -1.76. The molecule has 1 saturated heterocycles.